The van der Waals surface area contributed by atoms with Gasteiger partial charge in [0.05, 0.1) is 10.5 Å². The van der Waals surface area contributed by atoms with Crippen LogP contribution in [0.2, 0.25) is 0 Å². The lowest BCUT2D eigenvalue weighted by molar-refractivity contribution is -0.384. The van der Waals surface area contributed by atoms with Gasteiger partial charge in [0.2, 0.25) is 0 Å². The van der Waals surface area contributed by atoms with Crippen LogP contribution < -0.4 is 5.32 Å². The molecule has 2 aromatic carbocycles. The highest BCUT2D eigenvalue weighted by Gasteiger charge is 2.17. The van der Waals surface area contributed by atoms with Gasteiger partial charge in [0, 0.05) is 23.2 Å². The molecule has 0 aliphatic rings. The number of nitro benzene ring substituents is 1. The van der Waals surface area contributed by atoms with Gasteiger partial charge in [-0.3, -0.25) is 14.9 Å². The fraction of sp³-hybridized carbons (Fsp3) is 0. The highest BCUT2D eigenvalue weighted by atomic mass is 19.1. The van der Waals surface area contributed by atoms with Gasteiger partial charge in [-0.2, -0.15) is 0 Å². The average Bonchev–Trinajstić information content (AvgIpc) is 2.90. The second kappa shape index (κ2) is 5.28. The van der Waals surface area contributed by atoms with E-state index < -0.39 is 16.6 Å². The summed E-state index contributed by atoms with van der Waals surface area (Å²) in [6, 6.07) is 9.40. The number of furan rings is 1. The highest BCUT2D eigenvalue weighted by molar-refractivity contribution is 6.12. The predicted molar refractivity (Wildman–Crippen MR) is 77.2 cm³/mol. The molecular weight excluding hydrogens is 291 g/mol. The molecule has 22 heavy (non-hydrogen) atoms. The Morgan fingerprint density at radius 1 is 1.23 bits per heavy atom. The Hall–Kier alpha value is -3.22. The molecule has 1 amide bonds. The van der Waals surface area contributed by atoms with Crippen LogP contribution in [-0.4, -0.2) is 10.8 Å². The van der Waals surface area contributed by atoms with Gasteiger partial charge in [-0.05, 0) is 24.3 Å². The molecule has 0 radical (unpaired) electrons. The molecular formula is C15H9FN2O4. The van der Waals surface area contributed by atoms with Crippen LogP contribution in [-0.2, 0) is 0 Å². The third-order valence-corrected chi connectivity index (χ3v) is 3.09. The van der Waals surface area contributed by atoms with Crippen LogP contribution >= 0.6 is 0 Å². The molecule has 0 unspecified atom stereocenters. The number of carbonyl (C=O) groups is 1. The van der Waals surface area contributed by atoms with E-state index in [4.69, 9.17) is 4.42 Å². The molecule has 0 fully saturated rings. The monoisotopic (exact) mass is 300 g/mol. The van der Waals surface area contributed by atoms with Gasteiger partial charge in [-0.15, -0.1) is 0 Å². The summed E-state index contributed by atoms with van der Waals surface area (Å²) < 4.78 is 18.3. The van der Waals surface area contributed by atoms with E-state index in [9.17, 15) is 19.3 Å². The maximum absolute atomic E-state index is 13.1. The predicted octanol–water partition coefficient (Wildman–Crippen LogP) is 3.73. The zero-order valence-corrected chi connectivity index (χ0v) is 11.1. The van der Waals surface area contributed by atoms with E-state index in [1.165, 1.54) is 48.7 Å². The number of nitrogens with one attached hydrogen (secondary N) is 1. The molecule has 0 saturated carbocycles. The zero-order chi connectivity index (χ0) is 15.7. The van der Waals surface area contributed by atoms with E-state index in [1.54, 1.807) is 0 Å². The lowest BCUT2D eigenvalue weighted by Crippen LogP contribution is -2.11. The smallest absolute Gasteiger partial charge is 0.270 e. The van der Waals surface area contributed by atoms with E-state index >= 15 is 0 Å². The van der Waals surface area contributed by atoms with Crippen molar-refractivity contribution in [1.82, 2.24) is 0 Å². The van der Waals surface area contributed by atoms with Gasteiger partial charge in [0.1, 0.15) is 17.7 Å². The number of amides is 1. The van der Waals surface area contributed by atoms with Crippen LogP contribution in [0.15, 0.2) is 53.1 Å². The van der Waals surface area contributed by atoms with Crippen molar-refractivity contribution in [2.45, 2.75) is 0 Å². The molecule has 0 spiro atoms. The third-order valence-electron chi connectivity index (χ3n) is 3.09. The number of anilines is 1. The minimum absolute atomic E-state index is 0.142. The third kappa shape index (κ3) is 2.51. The molecule has 1 heterocycles. The molecule has 3 aromatic rings. The first-order chi connectivity index (χ1) is 10.5. The number of non-ortho nitro benzene ring substituents is 1. The van der Waals surface area contributed by atoms with Crippen LogP contribution in [0.5, 0.6) is 0 Å². The molecule has 3 rings (SSSR count). The number of hydrogen-bond donors (Lipinski definition) is 1. The Labute approximate surface area is 123 Å². The van der Waals surface area contributed by atoms with Crippen LogP contribution in [0.3, 0.4) is 0 Å². The first-order valence-corrected chi connectivity index (χ1v) is 6.27. The van der Waals surface area contributed by atoms with E-state index in [1.807, 2.05) is 0 Å². The number of hydrogen-bond acceptors (Lipinski definition) is 4. The van der Waals surface area contributed by atoms with Crippen molar-refractivity contribution in [3.05, 3.63) is 70.2 Å². The number of nitrogens with zero attached hydrogens (tertiary/aromatic N) is 1. The van der Waals surface area contributed by atoms with Gasteiger partial charge in [-0.25, -0.2) is 4.39 Å². The summed E-state index contributed by atoms with van der Waals surface area (Å²) in [5, 5.41) is 13.6. The molecule has 6 nitrogen and oxygen atoms in total. The summed E-state index contributed by atoms with van der Waals surface area (Å²) in [6.45, 7) is 0. The Bertz CT molecular complexity index is 888. The molecule has 0 aliphatic carbocycles. The number of benzene rings is 2. The second-order valence-electron chi connectivity index (χ2n) is 4.55. The number of fused-ring (bicyclic) bond motifs is 1. The van der Waals surface area contributed by atoms with Gasteiger partial charge in [-0.1, -0.05) is 6.07 Å². The summed E-state index contributed by atoms with van der Waals surface area (Å²) in [7, 11) is 0. The minimum atomic E-state index is -0.555. The minimum Gasteiger partial charge on any atom is -0.463 e. The lowest BCUT2D eigenvalue weighted by Gasteiger charge is -2.03. The SMILES string of the molecule is O=C(Nc1cccc(F)c1)c1coc2ccc([N+](=O)[O-])cc12. The topological polar surface area (TPSA) is 85.4 Å². The summed E-state index contributed by atoms with van der Waals surface area (Å²) >= 11 is 0. The Morgan fingerprint density at radius 2 is 2.05 bits per heavy atom. The van der Waals surface area contributed by atoms with Crippen LogP contribution in [0.25, 0.3) is 11.0 Å². The van der Waals surface area contributed by atoms with Crippen LogP contribution in [0.4, 0.5) is 15.8 Å². The van der Waals surface area contributed by atoms with E-state index in [0.717, 1.165) is 0 Å². The van der Waals surface area contributed by atoms with Gasteiger partial charge in [0.25, 0.3) is 11.6 Å². The number of nitro groups is 1. The molecule has 1 N–H and O–H groups in total. The standard InChI is InChI=1S/C15H9FN2O4/c16-9-2-1-3-10(6-9)17-15(19)13-8-22-14-5-4-11(18(20)21)7-12(13)14/h1-8H,(H,17,19). The fourth-order valence-corrected chi connectivity index (χ4v) is 2.07. The molecule has 7 heteroatoms. The van der Waals surface area contributed by atoms with E-state index in [2.05, 4.69) is 5.32 Å². The second-order valence-corrected chi connectivity index (χ2v) is 4.55. The van der Waals surface area contributed by atoms with Gasteiger partial charge < -0.3 is 9.73 Å². The Balaban J connectivity index is 1.97. The lowest BCUT2D eigenvalue weighted by atomic mass is 10.1. The molecule has 0 bridgehead atoms. The molecule has 1 aromatic heterocycles. The summed E-state index contributed by atoms with van der Waals surface area (Å²) in [4.78, 5) is 22.5. The fourth-order valence-electron chi connectivity index (χ4n) is 2.07. The first kappa shape index (κ1) is 13.7. The molecule has 110 valence electrons. The van der Waals surface area contributed by atoms with Gasteiger partial charge in [0.15, 0.2) is 0 Å². The van der Waals surface area contributed by atoms with Gasteiger partial charge >= 0.3 is 0 Å². The maximum Gasteiger partial charge on any atom is 0.270 e. The number of halogens is 1. The molecule has 0 atom stereocenters. The first-order valence-electron chi connectivity index (χ1n) is 6.27. The normalized spacial score (nSPS) is 10.6. The number of rotatable bonds is 3. The van der Waals surface area contributed by atoms with Crippen molar-refractivity contribution >= 4 is 28.3 Å². The van der Waals surface area contributed by atoms with Crippen LogP contribution in [0, 0.1) is 15.9 Å². The van der Waals surface area contributed by atoms with Crippen molar-refractivity contribution in [3.8, 4) is 0 Å². The van der Waals surface area contributed by atoms with E-state index in [0.29, 0.717) is 11.0 Å². The Kier molecular flexibility index (Phi) is 3.30. The maximum atomic E-state index is 13.1. The summed E-state index contributed by atoms with van der Waals surface area (Å²) in [6.07, 6.45) is 1.21. The van der Waals surface area contributed by atoms with Crippen molar-refractivity contribution in [2.24, 2.45) is 0 Å². The highest BCUT2D eigenvalue weighted by Crippen LogP contribution is 2.26. The summed E-state index contributed by atoms with van der Waals surface area (Å²) in [5.41, 5.74) is 0.636. The van der Waals surface area contributed by atoms with Crippen molar-refractivity contribution < 1.29 is 18.5 Å². The number of carbonyl (C=O) groups excluding carboxylic acids is 1. The molecule has 0 aliphatic heterocycles. The molecule has 0 saturated heterocycles. The van der Waals surface area contributed by atoms with Crippen molar-refractivity contribution in [3.63, 3.8) is 0 Å². The largest absolute Gasteiger partial charge is 0.463 e. The van der Waals surface area contributed by atoms with E-state index in [-0.39, 0.29) is 16.9 Å². The summed E-state index contributed by atoms with van der Waals surface area (Å²) in [5.74, 6) is -1.02. The van der Waals surface area contributed by atoms with Crippen LogP contribution in [0.1, 0.15) is 10.4 Å². The average molecular weight is 300 g/mol. The Morgan fingerprint density at radius 3 is 2.77 bits per heavy atom. The van der Waals surface area contributed by atoms with Crippen molar-refractivity contribution in [2.75, 3.05) is 5.32 Å². The van der Waals surface area contributed by atoms with Crippen molar-refractivity contribution in [1.29, 1.82) is 0 Å². The quantitative estimate of drug-likeness (QED) is 0.590. The zero-order valence-electron chi connectivity index (χ0n) is 11.1.